The van der Waals surface area contributed by atoms with Crippen LogP contribution in [0.25, 0.3) is 0 Å². The van der Waals surface area contributed by atoms with Crippen LogP contribution in [0.15, 0.2) is 36.5 Å². The van der Waals surface area contributed by atoms with Gasteiger partial charge in [-0.25, -0.2) is 4.98 Å². The smallest absolute Gasteiger partial charge is 0.261 e. The van der Waals surface area contributed by atoms with Crippen molar-refractivity contribution in [3.63, 3.8) is 0 Å². The van der Waals surface area contributed by atoms with E-state index in [0.717, 1.165) is 22.1 Å². The molecular weight excluding hydrogens is 268 g/mol. The third kappa shape index (κ3) is 2.20. The van der Waals surface area contributed by atoms with E-state index in [9.17, 15) is 9.59 Å². The summed E-state index contributed by atoms with van der Waals surface area (Å²) < 4.78 is 0. The fourth-order valence-electron chi connectivity index (χ4n) is 2.25. The van der Waals surface area contributed by atoms with Crippen LogP contribution >= 0.6 is 0 Å². The first-order chi connectivity index (χ1) is 10.1. The normalized spacial score (nSPS) is 13.3. The van der Waals surface area contributed by atoms with Gasteiger partial charge >= 0.3 is 0 Å². The number of hydrogen-bond acceptors (Lipinski definition) is 5. The Morgan fingerprint density at radius 2 is 1.71 bits per heavy atom. The molecule has 2 amide bonds. The molecule has 0 spiro atoms. The van der Waals surface area contributed by atoms with Gasteiger partial charge in [0.15, 0.2) is 0 Å². The number of hydrogen-bond donors (Lipinski definition) is 2. The minimum absolute atomic E-state index is 0.261. The fourth-order valence-corrected chi connectivity index (χ4v) is 2.25. The second-order valence-corrected chi connectivity index (χ2v) is 4.73. The van der Waals surface area contributed by atoms with Gasteiger partial charge in [-0.2, -0.15) is 0 Å². The number of fused-ring (bicyclic) bond motifs is 1. The Morgan fingerprint density at radius 3 is 2.48 bits per heavy atom. The molecule has 0 fully saturated rings. The molecule has 21 heavy (non-hydrogen) atoms. The van der Waals surface area contributed by atoms with E-state index in [1.165, 1.54) is 7.05 Å². The van der Waals surface area contributed by atoms with Gasteiger partial charge < -0.3 is 10.6 Å². The van der Waals surface area contributed by atoms with Crippen LogP contribution in [0.1, 0.15) is 20.7 Å². The largest absolute Gasteiger partial charge is 0.373 e. The van der Waals surface area contributed by atoms with E-state index in [-0.39, 0.29) is 11.8 Å². The van der Waals surface area contributed by atoms with Crippen molar-refractivity contribution in [3.05, 3.63) is 47.7 Å². The van der Waals surface area contributed by atoms with Crippen LogP contribution in [-0.4, -0.2) is 35.8 Å². The molecule has 2 heterocycles. The van der Waals surface area contributed by atoms with Crippen molar-refractivity contribution < 1.29 is 9.59 Å². The second kappa shape index (κ2) is 4.90. The molecule has 1 aliphatic rings. The Bertz CT molecular complexity index is 742. The van der Waals surface area contributed by atoms with Crippen molar-refractivity contribution >= 4 is 29.0 Å². The molecular formula is C15H14N4O2. The van der Waals surface area contributed by atoms with Crippen molar-refractivity contribution in [2.45, 2.75) is 0 Å². The van der Waals surface area contributed by atoms with E-state index < -0.39 is 0 Å². The summed E-state index contributed by atoms with van der Waals surface area (Å²) >= 11 is 0. The summed E-state index contributed by atoms with van der Waals surface area (Å²) in [6.07, 6.45) is 1.68. The number of imide groups is 1. The lowest BCUT2D eigenvalue weighted by molar-refractivity contribution is 0.0693. The molecule has 2 N–H and O–H groups in total. The molecule has 6 heteroatoms. The van der Waals surface area contributed by atoms with Crippen LogP contribution in [0.5, 0.6) is 0 Å². The average molecular weight is 282 g/mol. The number of benzene rings is 1. The van der Waals surface area contributed by atoms with Crippen molar-refractivity contribution in [3.8, 4) is 0 Å². The third-order valence-corrected chi connectivity index (χ3v) is 3.39. The predicted octanol–water partition coefficient (Wildman–Crippen LogP) is 2.09. The SMILES string of the molecule is CNc1cc(Nc2ccc3c(c2)C(=O)N(C)C3=O)ccn1. The Labute approximate surface area is 121 Å². The molecule has 106 valence electrons. The summed E-state index contributed by atoms with van der Waals surface area (Å²) in [5.41, 5.74) is 2.46. The summed E-state index contributed by atoms with van der Waals surface area (Å²) in [7, 11) is 3.28. The van der Waals surface area contributed by atoms with Gasteiger partial charge in [0.05, 0.1) is 11.1 Å². The predicted molar refractivity (Wildman–Crippen MR) is 79.9 cm³/mol. The van der Waals surface area contributed by atoms with Gasteiger partial charge in [0, 0.05) is 37.7 Å². The van der Waals surface area contributed by atoms with E-state index >= 15 is 0 Å². The zero-order valence-electron chi connectivity index (χ0n) is 11.7. The van der Waals surface area contributed by atoms with Crippen LogP contribution < -0.4 is 10.6 Å². The highest BCUT2D eigenvalue weighted by Gasteiger charge is 2.32. The van der Waals surface area contributed by atoms with Gasteiger partial charge in [0.2, 0.25) is 0 Å². The number of nitrogens with zero attached hydrogens (tertiary/aromatic N) is 2. The number of aromatic nitrogens is 1. The summed E-state index contributed by atoms with van der Waals surface area (Å²) in [5, 5.41) is 6.15. The molecule has 0 radical (unpaired) electrons. The number of carbonyl (C=O) groups is 2. The lowest BCUT2D eigenvalue weighted by atomic mass is 10.1. The topological polar surface area (TPSA) is 74.3 Å². The van der Waals surface area contributed by atoms with E-state index in [1.54, 1.807) is 31.4 Å². The first kappa shape index (κ1) is 13.1. The molecule has 0 bridgehead atoms. The van der Waals surface area contributed by atoms with E-state index in [4.69, 9.17) is 0 Å². The maximum absolute atomic E-state index is 12.0. The zero-order valence-corrected chi connectivity index (χ0v) is 11.7. The van der Waals surface area contributed by atoms with Gasteiger partial charge in [-0.15, -0.1) is 0 Å². The van der Waals surface area contributed by atoms with Crippen molar-refractivity contribution in [1.29, 1.82) is 0 Å². The van der Waals surface area contributed by atoms with Crippen LogP contribution in [0.4, 0.5) is 17.2 Å². The van der Waals surface area contributed by atoms with Crippen molar-refractivity contribution in [2.24, 2.45) is 0 Å². The van der Waals surface area contributed by atoms with Gasteiger partial charge in [-0.1, -0.05) is 0 Å². The van der Waals surface area contributed by atoms with Crippen LogP contribution in [-0.2, 0) is 0 Å². The lowest BCUT2D eigenvalue weighted by Gasteiger charge is -2.08. The number of anilines is 3. The summed E-state index contributed by atoms with van der Waals surface area (Å²) in [6.45, 7) is 0. The Kier molecular flexibility index (Phi) is 3.06. The van der Waals surface area contributed by atoms with Crippen molar-refractivity contribution in [2.75, 3.05) is 24.7 Å². The molecule has 0 aliphatic carbocycles. The Morgan fingerprint density at radius 1 is 1.00 bits per heavy atom. The van der Waals surface area contributed by atoms with E-state index in [0.29, 0.717) is 11.1 Å². The molecule has 0 atom stereocenters. The molecule has 2 aromatic rings. The maximum Gasteiger partial charge on any atom is 0.261 e. The minimum atomic E-state index is -0.274. The van der Waals surface area contributed by atoms with E-state index in [2.05, 4.69) is 15.6 Å². The van der Waals surface area contributed by atoms with Gasteiger partial charge in [0.25, 0.3) is 11.8 Å². The van der Waals surface area contributed by atoms with Gasteiger partial charge in [0.1, 0.15) is 5.82 Å². The molecule has 0 saturated carbocycles. The lowest BCUT2D eigenvalue weighted by Crippen LogP contribution is -2.24. The number of nitrogens with one attached hydrogen (secondary N) is 2. The van der Waals surface area contributed by atoms with Gasteiger partial charge in [-0.05, 0) is 24.3 Å². The maximum atomic E-state index is 12.0. The number of pyridine rings is 1. The summed E-state index contributed by atoms with van der Waals surface area (Å²) in [5.74, 6) is 0.208. The molecule has 0 unspecified atom stereocenters. The highest BCUT2D eigenvalue weighted by Crippen LogP contribution is 2.26. The second-order valence-electron chi connectivity index (χ2n) is 4.73. The molecule has 6 nitrogen and oxygen atoms in total. The van der Waals surface area contributed by atoms with Gasteiger partial charge in [-0.3, -0.25) is 14.5 Å². The highest BCUT2D eigenvalue weighted by atomic mass is 16.2. The van der Waals surface area contributed by atoms with Crippen LogP contribution in [0.2, 0.25) is 0 Å². The Hall–Kier alpha value is -2.89. The fraction of sp³-hybridized carbons (Fsp3) is 0.133. The number of carbonyl (C=O) groups excluding carboxylic acids is 2. The first-order valence-electron chi connectivity index (χ1n) is 6.47. The number of amides is 2. The molecule has 1 aromatic carbocycles. The number of rotatable bonds is 3. The zero-order chi connectivity index (χ0) is 15.0. The Balaban J connectivity index is 1.92. The minimum Gasteiger partial charge on any atom is -0.373 e. The molecule has 1 aromatic heterocycles. The first-order valence-corrected chi connectivity index (χ1v) is 6.47. The third-order valence-electron chi connectivity index (χ3n) is 3.39. The molecule has 3 rings (SSSR count). The quantitative estimate of drug-likeness (QED) is 0.843. The molecule has 1 aliphatic heterocycles. The average Bonchev–Trinajstić information content (AvgIpc) is 2.72. The monoisotopic (exact) mass is 282 g/mol. The molecule has 0 saturated heterocycles. The standard InChI is InChI=1S/C15H14N4O2/c1-16-13-8-10(5-6-17-13)18-9-3-4-11-12(7-9)15(21)19(2)14(11)20/h3-8H,1-2H3,(H2,16,17,18). The van der Waals surface area contributed by atoms with Crippen molar-refractivity contribution in [1.82, 2.24) is 9.88 Å². The van der Waals surface area contributed by atoms with Crippen LogP contribution in [0, 0.1) is 0 Å². The summed E-state index contributed by atoms with van der Waals surface area (Å²) in [4.78, 5) is 29.1. The van der Waals surface area contributed by atoms with Crippen LogP contribution in [0.3, 0.4) is 0 Å². The van der Waals surface area contributed by atoms with E-state index in [1.807, 2.05) is 12.1 Å². The highest BCUT2D eigenvalue weighted by molar-refractivity contribution is 6.21. The summed E-state index contributed by atoms with van der Waals surface area (Å²) in [6, 6.07) is 8.82.